The summed E-state index contributed by atoms with van der Waals surface area (Å²) < 4.78 is 5.83. The molecule has 78 valence electrons. The van der Waals surface area contributed by atoms with Gasteiger partial charge >= 0.3 is 0 Å². The molecule has 3 heteroatoms. The molecule has 1 saturated heterocycles. The lowest BCUT2D eigenvalue weighted by Gasteiger charge is -2.33. The molecule has 13 heavy (non-hydrogen) atoms. The Morgan fingerprint density at radius 2 is 1.77 bits per heavy atom. The van der Waals surface area contributed by atoms with Gasteiger partial charge in [-0.2, -0.15) is 0 Å². The largest absolute Gasteiger partial charge is 0.416 e. The van der Waals surface area contributed by atoms with Gasteiger partial charge < -0.3 is 9.33 Å². The van der Waals surface area contributed by atoms with Crippen LogP contribution in [-0.4, -0.2) is 39.1 Å². The van der Waals surface area contributed by atoms with E-state index in [1.807, 2.05) is 0 Å². The maximum absolute atomic E-state index is 5.83. The third-order valence-electron chi connectivity index (χ3n) is 2.59. The Morgan fingerprint density at radius 3 is 2.31 bits per heavy atom. The molecule has 0 atom stereocenters. The SMILES string of the molecule is CCO[Si](C)(C)CN1CCCCC1. The average molecular weight is 201 g/mol. The van der Waals surface area contributed by atoms with E-state index in [1.165, 1.54) is 38.5 Å². The lowest BCUT2D eigenvalue weighted by molar-refractivity contribution is 0.234. The summed E-state index contributed by atoms with van der Waals surface area (Å²) in [6, 6.07) is 0. The quantitative estimate of drug-likeness (QED) is 0.647. The van der Waals surface area contributed by atoms with Crippen molar-refractivity contribution in [1.82, 2.24) is 4.90 Å². The van der Waals surface area contributed by atoms with Crippen molar-refractivity contribution >= 4 is 8.32 Å². The van der Waals surface area contributed by atoms with E-state index < -0.39 is 8.32 Å². The maximum atomic E-state index is 5.83. The van der Waals surface area contributed by atoms with Gasteiger partial charge in [0.15, 0.2) is 8.32 Å². The van der Waals surface area contributed by atoms with Crippen LogP contribution < -0.4 is 0 Å². The standard InChI is InChI=1S/C10H23NOSi/c1-4-12-13(2,3)10-11-8-6-5-7-9-11/h4-10H2,1-3H3. The number of nitrogens with zero attached hydrogens (tertiary/aromatic N) is 1. The summed E-state index contributed by atoms with van der Waals surface area (Å²) in [6.07, 6.45) is 5.42. The summed E-state index contributed by atoms with van der Waals surface area (Å²) >= 11 is 0. The highest BCUT2D eigenvalue weighted by Crippen LogP contribution is 2.13. The molecule has 0 aromatic heterocycles. The predicted molar refractivity (Wildman–Crippen MR) is 59.4 cm³/mol. The van der Waals surface area contributed by atoms with Gasteiger partial charge in [0.2, 0.25) is 0 Å². The minimum absolute atomic E-state index is 0.882. The molecule has 0 bridgehead atoms. The van der Waals surface area contributed by atoms with Crippen LogP contribution in [0, 0.1) is 0 Å². The van der Waals surface area contributed by atoms with Gasteiger partial charge in [0.25, 0.3) is 0 Å². The Hall–Kier alpha value is 0.137. The van der Waals surface area contributed by atoms with E-state index in [0.717, 1.165) is 6.61 Å². The van der Waals surface area contributed by atoms with Crippen molar-refractivity contribution in [2.24, 2.45) is 0 Å². The van der Waals surface area contributed by atoms with Gasteiger partial charge in [-0.25, -0.2) is 0 Å². The van der Waals surface area contributed by atoms with E-state index in [1.54, 1.807) is 0 Å². The Bertz CT molecular complexity index is 144. The summed E-state index contributed by atoms with van der Waals surface area (Å²) in [5, 5.41) is 0. The highest BCUT2D eigenvalue weighted by Gasteiger charge is 2.25. The van der Waals surface area contributed by atoms with Crippen molar-refractivity contribution in [1.29, 1.82) is 0 Å². The van der Waals surface area contributed by atoms with Crippen molar-refractivity contribution in [2.45, 2.75) is 39.3 Å². The van der Waals surface area contributed by atoms with Gasteiger partial charge in [-0.15, -0.1) is 0 Å². The molecule has 0 N–H and O–H groups in total. The van der Waals surface area contributed by atoms with E-state index in [0.29, 0.717) is 0 Å². The summed E-state index contributed by atoms with van der Waals surface area (Å²) in [7, 11) is -1.36. The number of rotatable bonds is 4. The van der Waals surface area contributed by atoms with E-state index in [9.17, 15) is 0 Å². The number of hydrogen-bond acceptors (Lipinski definition) is 2. The number of piperidine rings is 1. The molecule has 0 aromatic carbocycles. The summed E-state index contributed by atoms with van der Waals surface area (Å²) in [5.41, 5.74) is 0. The van der Waals surface area contributed by atoms with Crippen LogP contribution in [0.4, 0.5) is 0 Å². The first-order chi connectivity index (χ1) is 6.14. The molecule has 2 nitrogen and oxygen atoms in total. The Balaban J connectivity index is 2.28. The molecule has 0 spiro atoms. The molecular weight excluding hydrogens is 178 g/mol. The summed E-state index contributed by atoms with van der Waals surface area (Å²) in [5.74, 6) is 0. The van der Waals surface area contributed by atoms with E-state index in [-0.39, 0.29) is 0 Å². The first-order valence-electron chi connectivity index (χ1n) is 5.50. The molecule has 0 unspecified atom stereocenters. The fourth-order valence-electron chi connectivity index (χ4n) is 2.09. The Morgan fingerprint density at radius 1 is 1.15 bits per heavy atom. The molecule has 1 aliphatic rings. The van der Waals surface area contributed by atoms with Crippen LogP contribution in [0.5, 0.6) is 0 Å². The van der Waals surface area contributed by atoms with Crippen LogP contribution in [0.2, 0.25) is 13.1 Å². The van der Waals surface area contributed by atoms with Crippen LogP contribution in [0.1, 0.15) is 26.2 Å². The first-order valence-corrected chi connectivity index (χ1v) is 8.62. The van der Waals surface area contributed by atoms with Gasteiger partial charge in [0, 0.05) is 12.8 Å². The van der Waals surface area contributed by atoms with Crippen LogP contribution in [0.3, 0.4) is 0 Å². The molecule has 0 amide bonds. The van der Waals surface area contributed by atoms with Gasteiger partial charge in [-0.05, 0) is 45.9 Å². The molecular formula is C10H23NOSi. The zero-order valence-corrected chi connectivity index (χ0v) is 10.3. The highest BCUT2D eigenvalue weighted by atomic mass is 28.4. The molecule has 1 fully saturated rings. The molecule has 1 rings (SSSR count). The van der Waals surface area contributed by atoms with Gasteiger partial charge in [-0.3, -0.25) is 0 Å². The van der Waals surface area contributed by atoms with Gasteiger partial charge in [0.1, 0.15) is 0 Å². The van der Waals surface area contributed by atoms with Crippen LogP contribution >= 0.6 is 0 Å². The highest BCUT2D eigenvalue weighted by molar-refractivity contribution is 6.71. The molecule has 0 saturated carbocycles. The predicted octanol–water partition coefficient (Wildman–Crippen LogP) is 2.25. The lowest BCUT2D eigenvalue weighted by atomic mass is 10.1. The van der Waals surface area contributed by atoms with Gasteiger partial charge in [-0.1, -0.05) is 6.42 Å². The molecule has 0 radical (unpaired) electrons. The van der Waals surface area contributed by atoms with Crippen LogP contribution in [0.15, 0.2) is 0 Å². The topological polar surface area (TPSA) is 12.5 Å². The molecule has 1 heterocycles. The van der Waals surface area contributed by atoms with Crippen LogP contribution in [0.25, 0.3) is 0 Å². The Labute approximate surface area is 83.4 Å². The first kappa shape index (κ1) is 11.2. The fraction of sp³-hybridized carbons (Fsp3) is 1.00. The molecule has 1 aliphatic heterocycles. The maximum Gasteiger partial charge on any atom is 0.200 e. The minimum atomic E-state index is -1.36. The molecule has 0 aromatic rings. The monoisotopic (exact) mass is 201 g/mol. The minimum Gasteiger partial charge on any atom is -0.416 e. The smallest absolute Gasteiger partial charge is 0.200 e. The zero-order valence-electron chi connectivity index (χ0n) is 9.31. The third-order valence-corrected chi connectivity index (χ3v) is 4.87. The second kappa shape index (κ2) is 5.13. The number of hydrogen-bond donors (Lipinski definition) is 0. The average Bonchev–Trinajstić information content (AvgIpc) is 2.04. The van der Waals surface area contributed by atoms with Gasteiger partial charge in [0.05, 0.1) is 0 Å². The van der Waals surface area contributed by atoms with Crippen molar-refractivity contribution in [2.75, 3.05) is 25.9 Å². The van der Waals surface area contributed by atoms with Crippen molar-refractivity contribution < 1.29 is 4.43 Å². The van der Waals surface area contributed by atoms with Crippen molar-refractivity contribution in [3.63, 3.8) is 0 Å². The summed E-state index contributed by atoms with van der Waals surface area (Å²) in [6.45, 7) is 10.2. The van der Waals surface area contributed by atoms with E-state index in [2.05, 4.69) is 24.9 Å². The Kier molecular flexibility index (Phi) is 4.42. The van der Waals surface area contributed by atoms with Crippen LogP contribution in [-0.2, 0) is 4.43 Å². The number of likely N-dealkylation sites (tertiary alicyclic amines) is 1. The lowest BCUT2D eigenvalue weighted by Crippen LogP contribution is -2.46. The van der Waals surface area contributed by atoms with E-state index >= 15 is 0 Å². The second-order valence-electron chi connectivity index (χ2n) is 4.53. The fourth-order valence-corrected chi connectivity index (χ4v) is 4.36. The van der Waals surface area contributed by atoms with Crippen molar-refractivity contribution in [3.05, 3.63) is 0 Å². The third kappa shape index (κ3) is 4.25. The van der Waals surface area contributed by atoms with Crippen molar-refractivity contribution in [3.8, 4) is 0 Å². The second-order valence-corrected chi connectivity index (χ2v) is 8.65. The summed E-state index contributed by atoms with van der Waals surface area (Å²) in [4.78, 5) is 2.59. The zero-order chi connectivity index (χ0) is 9.73. The molecule has 0 aliphatic carbocycles. The normalized spacial score (nSPS) is 20.5. The van der Waals surface area contributed by atoms with E-state index in [4.69, 9.17) is 4.43 Å².